The number of thioether (sulfide) groups is 1. The van der Waals surface area contributed by atoms with Gasteiger partial charge in [-0.05, 0) is 70.0 Å². The average Bonchev–Trinajstić information content (AvgIpc) is 3.39. The predicted molar refractivity (Wildman–Crippen MR) is 146 cm³/mol. The molecule has 0 aliphatic carbocycles. The lowest BCUT2D eigenvalue weighted by atomic mass is 10.1. The molecule has 1 atom stereocenters. The predicted octanol–water partition coefficient (Wildman–Crippen LogP) is 4.58. The van der Waals surface area contributed by atoms with Crippen LogP contribution in [0.25, 0.3) is 5.69 Å². The number of hydrogen-bond acceptors (Lipinski definition) is 6. The first-order valence-electron chi connectivity index (χ1n) is 12.1. The Labute approximate surface area is 220 Å². The van der Waals surface area contributed by atoms with Crippen LogP contribution in [0.4, 0.5) is 5.69 Å². The van der Waals surface area contributed by atoms with Crippen molar-refractivity contribution in [1.29, 1.82) is 0 Å². The maximum Gasteiger partial charge on any atom is 0.295 e. The van der Waals surface area contributed by atoms with Crippen LogP contribution in [-0.2, 0) is 18.4 Å². The second kappa shape index (κ2) is 11.1. The highest BCUT2D eigenvalue weighted by Crippen LogP contribution is 2.26. The number of nitrogens with one attached hydrogen (secondary N) is 1. The van der Waals surface area contributed by atoms with Gasteiger partial charge < -0.3 is 14.6 Å². The molecule has 2 aromatic carbocycles. The number of aryl methyl sites for hydroxylation is 2. The average molecular weight is 521 g/mol. The van der Waals surface area contributed by atoms with Crippen LogP contribution in [0.3, 0.4) is 0 Å². The minimum absolute atomic E-state index is 0.0869. The first-order chi connectivity index (χ1) is 17.7. The molecular weight excluding hydrogens is 488 g/mol. The molecule has 0 saturated heterocycles. The van der Waals surface area contributed by atoms with Gasteiger partial charge in [-0.15, -0.1) is 10.2 Å². The third-order valence-corrected chi connectivity index (χ3v) is 7.33. The van der Waals surface area contributed by atoms with Crippen LogP contribution in [0, 0.1) is 20.8 Å². The van der Waals surface area contributed by atoms with Crippen molar-refractivity contribution in [1.82, 2.24) is 24.1 Å². The number of nitrogens with zero attached hydrogens (tertiary/aromatic N) is 5. The zero-order chi connectivity index (χ0) is 26.7. The van der Waals surface area contributed by atoms with Gasteiger partial charge in [0.1, 0.15) is 11.4 Å². The summed E-state index contributed by atoms with van der Waals surface area (Å²) >= 11 is 1.27. The van der Waals surface area contributed by atoms with Crippen LogP contribution in [0.15, 0.2) is 58.5 Å². The molecule has 37 heavy (non-hydrogen) atoms. The van der Waals surface area contributed by atoms with Gasteiger partial charge in [-0.25, -0.2) is 4.68 Å². The van der Waals surface area contributed by atoms with E-state index in [1.807, 2.05) is 66.9 Å². The molecule has 2 heterocycles. The van der Waals surface area contributed by atoms with Gasteiger partial charge in [0.25, 0.3) is 5.56 Å². The van der Waals surface area contributed by atoms with Crippen LogP contribution < -0.4 is 15.6 Å². The van der Waals surface area contributed by atoms with Gasteiger partial charge >= 0.3 is 0 Å². The molecule has 9 nitrogen and oxygen atoms in total. The van der Waals surface area contributed by atoms with Gasteiger partial charge in [-0.1, -0.05) is 36.0 Å². The van der Waals surface area contributed by atoms with Crippen molar-refractivity contribution in [2.75, 3.05) is 11.1 Å². The zero-order valence-corrected chi connectivity index (χ0v) is 22.8. The van der Waals surface area contributed by atoms with E-state index in [0.29, 0.717) is 23.2 Å². The van der Waals surface area contributed by atoms with Crippen LogP contribution in [0.2, 0.25) is 0 Å². The SMILES string of the molecule is CCn1c(SCC(=O)Nc2c(C)n(C)n(-c3ccccc3)c2=O)nnc1C(C)Oc1ccc(C)c(C)c1. The van der Waals surface area contributed by atoms with Crippen molar-refractivity contribution >= 4 is 23.4 Å². The Bertz CT molecular complexity index is 1470. The number of rotatable bonds is 9. The molecule has 0 fully saturated rings. The largest absolute Gasteiger partial charge is 0.483 e. The summed E-state index contributed by atoms with van der Waals surface area (Å²) in [4.78, 5) is 25.9. The number of carbonyl (C=O) groups is 1. The Hall–Kier alpha value is -3.79. The number of aromatic nitrogens is 5. The Balaban J connectivity index is 1.45. The molecular formula is C27H32N6O3S. The van der Waals surface area contributed by atoms with Gasteiger partial charge in [-0.3, -0.25) is 14.3 Å². The number of benzene rings is 2. The van der Waals surface area contributed by atoms with E-state index in [1.165, 1.54) is 22.0 Å². The minimum Gasteiger partial charge on any atom is -0.483 e. The lowest BCUT2D eigenvalue weighted by Crippen LogP contribution is -2.23. The number of amides is 1. The number of hydrogen-bond donors (Lipinski definition) is 1. The van der Waals surface area contributed by atoms with Gasteiger partial charge in [0.15, 0.2) is 17.1 Å². The molecule has 0 radical (unpaired) electrons. The highest BCUT2D eigenvalue weighted by molar-refractivity contribution is 7.99. The zero-order valence-electron chi connectivity index (χ0n) is 22.0. The quantitative estimate of drug-likeness (QED) is 0.325. The highest BCUT2D eigenvalue weighted by atomic mass is 32.2. The lowest BCUT2D eigenvalue weighted by Gasteiger charge is -2.16. The fourth-order valence-electron chi connectivity index (χ4n) is 4.07. The molecule has 0 aliphatic heterocycles. The van der Waals surface area contributed by atoms with Gasteiger partial charge in [-0.2, -0.15) is 0 Å². The summed E-state index contributed by atoms with van der Waals surface area (Å²) < 4.78 is 11.3. The molecule has 1 amide bonds. The van der Waals surface area contributed by atoms with Crippen LogP contribution in [-0.4, -0.2) is 35.8 Å². The number of carbonyl (C=O) groups excluding carboxylic acids is 1. The van der Waals surface area contributed by atoms with Gasteiger partial charge in [0.05, 0.1) is 17.1 Å². The summed E-state index contributed by atoms with van der Waals surface area (Å²) in [5.41, 5.74) is 3.76. The summed E-state index contributed by atoms with van der Waals surface area (Å²) in [6, 6.07) is 15.3. The monoisotopic (exact) mass is 520 g/mol. The Kier molecular flexibility index (Phi) is 7.87. The molecule has 194 valence electrons. The number of anilines is 1. The molecule has 4 aromatic rings. The fraction of sp³-hybridized carbons (Fsp3) is 0.333. The van der Waals surface area contributed by atoms with Crippen LogP contribution in [0.1, 0.15) is 42.6 Å². The molecule has 0 saturated carbocycles. The number of ether oxygens (including phenoxy) is 1. The molecule has 1 N–H and O–H groups in total. The van der Waals surface area contributed by atoms with Crippen molar-refractivity contribution in [3.8, 4) is 11.4 Å². The first kappa shape index (κ1) is 26.3. The lowest BCUT2D eigenvalue weighted by molar-refractivity contribution is -0.113. The molecule has 4 rings (SSSR count). The number of para-hydroxylation sites is 1. The summed E-state index contributed by atoms with van der Waals surface area (Å²) in [6.45, 7) is 10.5. The Morgan fingerprint density at radius 1 is 1.08 bits per heavy atom. The van der Waals surface area contributed by atoms with E-state index in [4.69, 9.17) is 4.74 Å². The van der Waals surface area contributed by atoms with Crippen molar-refractivity contribution in [2.24, 2.45) is 7.05 Å². The van der Waals surface area contributed by atoms with E-state index in [1.54, 1.807) is 18.7 Å². The molecule has 0 spiro atoms. The second-order valence-electron chi connectivity index (χ2n) is 8.86. The van der Waals surface area contributed by atoms with E-state index in [9.17, 15) is 9.59 Å². The second-order valence-corrected chi connectivity index (χ2v) is 9.81. The summed E-state index contributed by atoms with van der Waals surface area (Å²) in [5, 5.41) is 12.1. The molecule has 2 aromatic heterocycles. The van der Waals surface area contributed by atoms with Crippen molar-refractivity contribution < 1.29 is 9.53 Å². The molecule has 0 aliphatic rings. The Morgan fingerprint density at radius 3 is 2.49 bits per heavy atom. The molecule has 1 unspecified atom stereocenters. The maximum atomic E-state index is 13.1. The Morgan fingerprint density at radius 2 is 1.81 bits per heavy atom. The first-order valence-corrected chi connectivity index (χ1v) is 13.1. The van der Waals surface area contributed by atoms with E-state index in [0.717, 1.165) is 17.0 Å². The minimum atomic E-state index is -0.318. The van der Waals surface area contributed by atoms with E-state index >= 15 is 0 Å². The normalized spacial score (nSPS) is 11.9. The van der Waals surface area contributed by atoms with Gasteiger partial charge in [0, 0.05) is 13.6 Å². The van der Waals surface area contributed by atoms with Crippen molar-refractivity contribution in [2.45, 2.75) is 52.4 Å². The standard InChI is InChI=1S/C27H32N6O3S/c1-7-32-25(20(5)36-22-14-13-17(2)18(3)15-22)29-30-27(32)37-16-23(34)28-24-19(4)31(6)33(26(24)35)21-11-9-8-10-12-21/h8-15,20H,7,16H2,1-6H3,(H,28,34). The topological polar surface area (TPSA) is 96.0 Å². The summed E-state index contributed by atoms with van der Waals surface area (Å²) in [7, 11) is 1.79. The van der Waals surface area contributed by atoms with E-state index in [-0.39, 0.29) is 29.0 Å². The molecule has 0 bridgehead atoms. The van der Waals surface area contributed by atoms with E-state index < -0.39 is 0 Å². The third-order valence-electron chi connectivity index (χ3n) is 6.37. The summed E-state index contributed by atoms with van der Waals surface area (Å²) in [5.74, 6) is 1.26. The summed E-state index contributed by atoms with van der Waals surface area (Å²) in [6.07, 6.45) is -0.318. The van der Waals surface area contributed by atoms with Crippen LogP contribution >= 0.6 is 11.8 Å². The van der Waals surface area contributed by atoms with Crippen LogP contribution in [0.5, 0.6) is 5.75 Å². The smallest absolute Gasteiger partial charge is 0.295 e. The highest BCUT2D eigenvalue weighted by Gasteiger charge is 2.21. The maximum absolute atomic E-state index is 13.1. The molecule has 10 heteroatoms. The van der Waals surface area contributed by atoms with Crippen molar-refractivity contribution in [3.05, 3.63) is 81.5 Å². The van der Waals surface area contributed by atoms with Crippen molar-refractivity contribution in [3.63, 3.8) is 0 Å². The third kappa shape index (κ3) is 5.48. The fourth-order valence-corrected chi connectivity index (χ4v) is 4.88. The van der Waals surface area contributed by atoms with E-state index in [2.05, 4.69) is 29.4 Å². The van der Waals surface area contributed by atoms with Gasteiger partial charge in [0.2, 0.25) is 5.91 Å².